The maximum Gasteiger partial charge on any atom is 0.531 e. The average molecular weight is 218 g/mol. The summed E-state index contributed by atoms with van der Waals surface area (Å²) in [5.74, 6) is 0.112. The van der Waals surface area contributed by atoms with Crippen molar-refractivity contribution < 1.29 is 26.7 Å². The fourth-order valence-corrected chi connectivity index (χ4v) is 0.894. The number of carbonyl (C=O) groups is 1. The molecule has 0 aliphatic heterocycles. The number of hydrogen-bond donors (Lipinski definition) is 1. The van der Waals surface area contributed by atoms with E-state index in [0.29, 0.717) is 0 Å². The molecule has 0 unspecified atom stereocenters. The van der Waals surface area contributed by atoms with Gasteiger partial charge in [0.2, 0.25) is 0 Å². The Bertz CT molecular complexity index is 409. The lowest BCUT2D eigenvalue weighted by Crippen LogP contribution is -2.15. The van der Waals surface area contributed by atoms with Crippen LogP contribution in [0.15, 0.2) is 30.3 Å². The van der Waals surface area contributed by atoms with Crippen molar-refractivity contribution in [3.8, 4) is 5.75 Å². The van der Waals surface area contributed by atoms with Crippen LogP contribution in [-0.4, -0.2) is 19.1 Å². The molecule has 1 aromatic rings. The van der Waals surface area contributed by atoms with E-state index in [-0.39, 0.29) is 5.75 Å². The maximum atomic E-state index is 10.6. The first-order chi connectivity index (χ1) is 6.47. The Hall–Kier alpha value is -1.60. The van der Waals surface area contributed by atoms with Crippen molar-refractivity contribution in [1.29, 1.82) is 0 Å². The highest BCUT2D eigenvalue weighted by Crippen LogP contribution is 2.09. The Kier molecular flexibility index (Phi) is 3.05. The molecule has 0 spiro atoms. The van der Waals surface area contributed by atoms with Crippen LogP contribution in [0.3, 0.4) is 0 Å². The molecule has 0 bridgehead atoms. The van der Waals surface area contributed by atoms with Crippen molar-refractivity contribution in [3.05, 3.63) is 30.3 Å². The summed E-state index contributed by atoms with van der Waals surface area (Å²) in [4.78, 5) is 10.6. The molecule has 7 heteroatoms. The number of hydrogen-bond acceptors (Lipinski definition) is 5. The molecule has 14 heavy (non-hydrogen) atoms. The average Bonchev–Trinajstić information content (AvgIpc) is 2.02. The van der Waals surface area contributed by atoms with Crippen LogP contribution < -0.4 is 4.74 Å². The van der Waals surface area contributed by atoms with Gasteiger partial charge in [0.1, 0.15) is 5.75 Å². The van der Waals surface area contributed by atoms with E-state index in [1.54, 1.807) is 18.2 Å². The van der Waals surface area contributed by atoms with Gasteiger partial charge < -0.3 is 4.74 Å². The van der Waals surface area contributed by atoms with Gasteiger partial charge >= 0.3 is 16.6 Å². The van der Waals surface area contributed by atoms with Gasteiger partial charge in [-0.3, -0.25) is 8.74 Å². The molecule has 0 radical (unpaired) electrons. The van der Waals surface area contributed by atoms with Gasteiger partial charge in [-0.2, -0.15) is 8.42 Å². The lowest BCUT2D eigenvalue weighted by atomic mass is 10.3. The van der Waals surface area contributed by atoms with E-state index in [4.69, 9.17) is 4.55 Å². The van der Waals surface area contributed by atoms with Gasteiger partial charge in [-0.1, -0.05) is 18.2 Å². The third-order valence-electron chi connectivity index (χ3n) is 1.12. The summed E-state index contributed by atoms with van der Waals surface area (Å²) in [6.07, 6.45) is -1.52. The summed E-state index contributed by atoms with van der Waals surface area (Å²) >= 11 is 0. The number of benzene rings is 1. The molecule has 0 saturated heterocycles. The first kappa shape index (κ1) is 10.5. The van der Waals surface area contributed by atoms with E-state index in [1.807, 2.05) is 0 Å². The van der Waals surface area contributed by atoms with Gasteiger partial charge in [-0.05, 0) is 12.1 Å². The Labute approximate surface area is 80.0 Å². The van der Waals surface area contributed by atoms with Gasteiger partial charge in [-0.25, -0.2) is 4.79 Å². The highest BCUT2D eigenvalue weighted by Gasteiger charge is 2.14. The van der Waals surface area contributed by atoms with Crippen LogP contribution >= 0.6 is 0 Å². The Balaban J connectivity index is 2.59. The van der Waals surface area contributed by atoms with E-state index in [2.05, 4.69) is 8.92 Å². The second-order valence-electron chi connectivity index (χ2n) is 2.18. The Morgan fingerprint density at radius 3 is 2.29 bits per heavy atom. The van der Waals surface area contributed by atoms with Gasteiger partial charge in [0.15, 0.2) is 0 Å². The highest BCUT2D eigenvalue weighted by molar-refractivity contribution is 7.81. The number of rotatable bonds is 2. The fraction of sp³-hybridized carbons (Fsp3) is 0. The normalized spacial score (nSPS) is 10.6. The second-order valence-corrected chi connectivity index (χ2v) is 3.20. The molecular weight excluding hydrogens is 212 g/mol. The topological polar surface area (TPSA) is 89.9 Å². The van der Waals surface area contributed by atoms with Crippen LogP contribution in [0.2, 0.25) is 0 Å². The molecule has 0 aromatic heterocycles. The summed E-state index contributed by atoms with van der Waals surface area (Å²) in [5, 5.41) is 0. The molecule has 0 aliphatic carbocycles. The van der Waals surface area contributed by atoms with Crippen molar-refractivity contribution in [1.82, 2.24) is 0 Å². The molecule has 0 atom stereocenters. The van der Waals surface area contributed by atoms with Crippen molar-refractivity contribution in [3.63, 3.8) is 0 Å². The summed E-state index contributed by atoms with van der Waals surface area (Å²) in [7, 11) is -4.82. The molecule has 0 amide bonds. The molecular formula is C7H6O6S. The van der Waals surface area contributed by atoms with Crippen molar-refractivity contribution >= 4 is 16.6 Å². The Morgan fingerprint density at radius 1 is 1.21 bits per heavy atom. The van der Waals surface area contributed by atoms with Crippen LogP contribution in [0.1, 0.15) is 0 Å². The predicted octanol–water partition coefficient (Wildman–Crippen LogP) is 1.00. The molecule has 6 nitrogen and oxygen atoms in total. The van der Waals surface area contributed by atoms with E-state index >= 15 is 0 Å². The minimum Gasteiger partial charge on any atom is -0.394 e. The van der Waals surface area contributed by atoms with Gasteiger partial charge in [0, 0.05) is 0 Å². The highest BCUT2D eigenvalue weighted by atomic mass is 32.3. The first-order valence-electron chi connectivity index (χ1n) is 3.41. The zero-order valence-electron chi connectivity index (χ0n) is 6.78. The smallest absolute Gasteiger partial charge is 0.394 e. The van der Waals surface area contributed by atoms with Crippen molar-refractivity contribution in [2.75, 3.05) is 0 Å². The summed E-state index contributed by atoms with van der Waals surface area (Å²) < 4.78 is 36.1. The van der Waals surface area contributed by atoms with Crippen molar-refractivity contribution in [2.24, 2.45) is 0 Å². The minimum absolute atomic E-state index is 0.112. The van der Waals surface area contributed by atoms with Crippen LogP contribution in [0, 0.1) is 0 Å². The third-order valence-corrected chi connectivity index (χ3v) is 1.46. The van der Waals surface area contributed by atoms with Crippen LogP contribution in [0.4, 0.5) is 4.79 Å². The van der Waals surface area contributed by atoms with Gasteiger partial charge in [0.25, 0.3) is 0 Å². The molecule has 76 valence electrons. The standard InChI is InChI=1S/C7H6O6S/c8-7(13-14(9,10)11)12-6-4-2-1-3-5-6/h1-5H,(H,9,10,11). The molecule has 1 N–H and O–H groups in total. The van der Waals surface area contributed by atoms with E-state index in [1.165, 1.54) is 12.1 Å². The molecule has 0 aliphatic rings. The van der Waals surface area contributed by atoms with Crippen LogP contribution in [0.25, 0.3) is 0 Å². The largest absolute Gasteiger partial charge is 0.531 e. The maximum absolute atomic E-state index is 10.6. The van der Waals surface area contributed by atoms with Crippen molar-refractivity contribution in [2.45, 2.75) is 0 Å². The van der Waals surface area contributed by atoms with Gasteiger partial charge in [0.05, 0.1) is 0 Å². The van der Waals surface area contributed by atoms with Crippen LogP contribution in [-0.2, 0) is 14.6 Å². The predicted molar refractivity (Wildman–Crippen MR) is 45.1 cm³/mol. The summed E-state index contributed by atoms with van der Waals surface area (Å²) in [6, 6.07) is 7.68. The first-order valence-corrected chi connectivity index (χ1v) is 4.77. The zero-order valence-corrected chi connectivity index (χ0v) is 7.60. The minimum atomic E-state index is -4.82. The quantitative estimate of drug-likeness (QED) is 0.452. The zero-order chi connectivity index (χ0) is 10.6. The molecule has 0 fully saturated rings. The van der Waals surface area contributed by atoms with E-state index in [0.717, 1.165) is 0 Å². The molecule has 0 heterocycles. The molecule has 1 rings (SSSR count). The second kappa shape index (κ2) is 4.07. The number of ether oxygens (including phenoxy) is 1. The fourth-order valence-electron chi connectivity index (χ4n) is 0.688. The van der Waals surface area contributed by atoms with Crippen LogP contribution in [0.5, 0.6) is 5.75 Å². The van der Waals surface area contributed by atoms with Gasteiger partial charge in [-0.15, -0.1) is 0 Å². The lowest BCUT2D eigenvalue weighted by Gasteiger charge is -2.01. The molecule has 0 saturated carbocycles. The summed E-state index contributed by atoms with van der Waals surface area (Å²) in [5.41, 5.74) is 0. The van der Waals surface area contributed by atoms with E-state index in [9.17, 15) is 13.2 Å². The molecule has 1 aromatic carbocycles. The summed E-state index contributed by atoms with van der Waals surface area (Å²) in [6.45, 7) is 0. The Morgan fingerprint density at radius 2 is 1.79 bits per heavy atom. The SMILES string of the molecule is O=C(Oc1ccccc1)OS(=O)(=O)O. The third kappa shape index (κ3) is 3.87. The number of para-hydroxylation sites is 1. The van der Waals surface area contributed by atoms with E-state index < -0.39 is 16.6 Å². The lowest BCUT2D eigenvalue weighted by molar-refractivity contribution is 0.148. The number of carbonyl (C=O) groups excluding carboxylic acids is 1. The monoisotopic (exact) mass is 218 g/mol.